The van der Waals surface area contributed by atoms with Crippen molar-refractivity contribution >= 4 is 68.6 Å². The van der Waals surface area contributed by atoms with Crippen LogP contribution in [0.2, 0.25) is 0 Å². The SMILES string of the molecule is CCCCC(CC)CN1C(=O)C2=C(c3ccc(C(C)(C)C)s3)N(CCC(CC)CC)C(=O)C2=C1c1ccc(-c2cc3c(s2)-c2sc(C(C)(C)C)cc2C3(CCCC)CC(CC)CCCC)s1. The Morgan fingerprint density at radius 1 is 0.530 bits per heavy atom. The summed E-state index contributed by atoms with van der Waals surface area (Å²) in [4.78, 5) is 45.1. The van der Waals surface area contributed by atoms with Gasteiger partial charge in [0.1, 0.15) is 0 Å². The molecular formula is C58H82N2O2S4. The standard InChI is InChI=1S/C58H82N2O2S4/c1-14-21-24-38(19-6)35-58(31-23-16-3)40-33-45(65-52(40)53-41(58)34-47(66-53)57(11,12)13)42-26-27-43(63-42)51-49-48(55(62)60(51)36-39(20-7)25-22-15-2)50(44-28-29-46(64-44)56(8,9)10)59(54(49)61)32-30-37(17-4)18-5/h26-29,33-34,37-39H,14-25,30-32,35-36H2,1-13H3. The van der Waals surface area contributed by atoms with E-state index in [2.05, 4.69) is 131 Å². The minimum Gasteiger partial charge on any atom is -0.306 e. The van der Waals surface area contributed by atoms with Gasteiger partial charge in [-0.1, -0.05) is 161 Å². The number of hydrogen-bond acceptors (Lipinski definition) is 6. The number of carbonyl (C=O) groups is 2. The van der Waals surface area contributed by atoms with Crippen molar-refractivity contribution in [1.82, 2.24) is 9.80 Å². The molecule has 3 unspecified atom stereocenters. The van der Waals surface area contributed by atoms with Crippen molar-refractivity contribution in [3.63, 3.8) is 0 Å². The molecule has 0 saturated carbocycles. The molecule has 0 spiro atoms. The van der Waals surface area contributed by atoms with Crippen LogP contribution in [0, 0.1) is 17.8 Å². The minimum atomic E-state index is -0.0297. The second-order valence-corrected chi connectivity index (χ2v) is 26.3. The summed E-state index contributed by atoms with van der Waals surface area (Å²) in [7, 11) is 0. The number of rotatable bonds is 23. The molecule has 0 bridgehead atoms. The van der Waals surface area contributed by atoms with E-state index in [1.165, 1.54) is 80.6 Å². The van der Waals surface area contributed by atoms with Crippen molar-refractivity contribution in [3.05, 3.63) is 78.2 Å². The predicted octanol–water partition coefficient (Wildman–Crippen LogP) is 18.1. The van der Waals surface area contributed by atoms with Crippen LogP contribution in [-0.2, 0) is 25.8 Å². The molecule has 8 heteroatoms. The summed E-state index contributed by atoms with van der Waals surface area (Å²) < 4.78 is 0. The van der Waals surface area contributed by atoms with Gasteiger partial charge in [0.05, 0.1) is 32.3 Å². The monoisotopic (exact) mass is 967 g/mol. The van der Waals surface area contributed by atoms with Crippen LogP contribution in [-0.4, -0.2) is 34.7 Å². The number of fused-ring (bicyclic) bond motifs is 4. The average molecular weight is 968 g/mol. The molecule has 0 saturated heterocycles. The average Bonchev–Trinajstić information content (AvgIpc) is 4.15. The van der Waals surface area contributed by atoms with Gasteiger partial charge in [0, 0.05) is 47.8 Å². The molecule has 360 valence electrons. The molecule has 0 N–H and O–H groups in total. The van der Waals surface area contributed by atoms with Crippen LogP contribution in [0.25, 0.3) is 30.9 Å². The van der Waals surface area contributed by atoms with Crippen molar-refractivity contribution in [2.45, 2.75) is 203 Å². The second-order valence-electron chi connectivity index (χ2n) is 22.0. The fourth-order valence-corrected chi connectivity index (χ4v) is 15.9. The van der Waals surface area contributed by atoms with Crippen LogP contribution in [0.4, 0.5) is 0 Å². The zero-order valence-electron chi connectivity index (χ0n) is 43.1. The van der Waals surface area contributed by atoms with E-state index in [1.54, 1.807) is 33.8 Å². The first-order chi connectivity index (χ1) is 31.5. The van der Waals surface area contributed by atoms with E-state index in [1.807, 2.05) is 27.6 Å². The summed E-state index contributed by atoms with van der Waals surface area (Å²) in [5, 5.41) is 0. The number of hydrogen-bond donors (Lipinski definition) is 0. The summed E-state index contributed by atoms with van der Waals surface area (Å²) in [5.41, 5.74) is 6.20. The number of unbranched alkanes of at least 4 members (excludes halogenated alkanes) is 3. The van der Waals surface area contributed by atoms with Crippen molar-refractivity contribution in [3.8, 4) is 19.5 Å². The number of amides is 2. The number of thiophene rings is 4. The predicted molar refractivity (Wildman–Crippen MR) is 290 cm³/mol. The first-order valence-electron chi connectivity index (χ1n) is 26.1. The van der Waals surface area contributed by atoms with E-state index in [9.17, 15) is 0 Å². The van der Waals surface area contributed by atoms with Crippen LogP contribution in [0.5, 0.6) is 0 Å². The van der Waals surface area contributed by atoms with E-state index < -0.39 is 0 Å². The van der Waals surface area contributed by atoms with Crippen molar-refractivity contribution in [1.29, 1.82) is 0 Å². The Bertz CT molecular complexity index is 2400. The first-order valence-corrected chi connectivity index (χ1v) is 29.4. The molecule has 6 heterocycles. The first kappa shape index (κ1) is 51.1. The molecule has 2 aliphatic heterocycles. The Balaban J connectivity index is 1.39. The Labute approximate surface area is 416 Å². The van der Waals surface area contributed by atoms with Gasteiger partial charge in [0.2, 0.25) is 0 Å². The van der Waals surface area contributed by atoms with Crippen LogP contribution >= 0.6 is 45.3 Å². The molecule has 4 nitrogen and oxygen atoms in total. The summed E-state index contributed by atoms with van der Waals surface area (Å²) in [6.45, 7) is 31.3. The Morgan fingerprint density at radius 2 is 1.06 bits per heavy atom. The molecule has 1 aliphatic carbocycles. The highest BCUT2D eigenvalue weighted by molar-refractivity contribution is 7.27. The minimum absolute atomic E-state index is 0.00306. The highest BCUT2D eigenvalue weighted by Gasteiger charge is 2.51. The van der Waals surface area contributed by atoms with Gasteiger partial charge < -0.3 is 9.80 Å². The maximum absolute atomic E-state index is 15.4. The normalized spacial score (nSPS) is 18.5. The van der Waals surface area contributed by atoms with Crippen LogP contribution in [0.15, 0.2) is 47.5 Å². The van der Waals surface area contributed by atoms with Crippen molar-refractivity contribution in [2.75, 3.05) is 13.1 Å². The summed E-state index contributed by atoms with van der Waals surface area (Å²) in [6, 6.07) is 14.1. The third kappa shape index (κ3) is 9.84. The van der Waals surface area contributed by atoms with E-state index in [-0.39, 0.29) is 28.1 Å². The Kier molecular flexibility index (Phi) is 16.3. The summed E-state index contributed by atoms with van der Waals surface area (Å²) >= 11 is 7.57. The molecule has 0 fully saturated rings. The maximum Gasteiger partial charge on any atom is 0.261 e. The Morgan fingerprint density at radius 3 is 1.65 bits per heavy atom. The van der Waals surface area contributed by atoms with Crippen molar-refractivity contribution < 1.29 is 9.59 Å². The van der Waals surface area contributed by atoms with Gasteiger partial charge in [-0.05, 0) is 102 Å². The quantitative estimate of drug-likeness (QED) is 0.0743. The topological polar surface area (TPSA) is 40.6 Å². The van der Waals surface area contributed by atoms with Gasteiger partial charge in [-0.15, -0.1) is 45.3 Å². The van der Waals surface area contributed by atoms with Gasteiger partial charge in [-0.25, -0.2) is 0 Å². The maximum atomic E-state index is 15.4. The molecule has 0 aromatic carbocycles. The molecule has 2 amide bonds. The molecule has 0 radical (unpaired) electrons. The lowest BCUT2D eigenvalue weighted by Crippen LogP contribution is -2.33. The zero-order chi connectivity index (χ0) is 47.7. The molecule has 3 atom stereocenters. The fourth-order valence-electron chi connectivity index (χ4n) is 10.9. The van der Waals surface area contributed by atoms with Crippen LogP contribution in [0.1, 0.15) is 217 Å². The largest absolute Gasteiger partial charge is 0.306 e. The van der Waals surface area contributed by atoms with E-state index in [4.69, 9.17) is 0 Å². The third-order valence-electron chi connectivity index (χ3n) is 15.3. The highest BCUT2D eigenvalue weighted by atomic mass is 32.1. The summed E-state index contributed by atoms with van der Waals surface area (Å²) in [6.07, 6.45) is 17.3. The second kappa shape index (κ2) is 21.1. The lowest BCUT2D eigenvalue weighted by Gasteiger charge is -2.35. The number of carbonyl (C=O) groups excluding carboxylic acids is 2. The van der Waals surface area contributed by atoms with Gasteiger partial charge in [0.25, 0.3) is 11.8 Å². The molecule has 4 aromatic heterocycles. The van der Waals surface area contributed by atoms with Gasteiger partial charge in [0.15, 0.2) is 0 Å². The third-order valence-corrected chi connectivity index (χ3v) is 21.0. The lowest BCUT2D eigenvalue weighted by atomic mass is 9.68. The van der Waals surface area contributed by atoms with Crippen LogP contribution < -0.4 is 0 Å². The summed E-state index contributed by atoms with van der Waals surface area (Å²) in [5.74, 6) is 1.60. The number of nitrogens with zero attached hydrogens (tertiary/aromatic N) is 2. The fraction of sp³-hybridized carbons (Fsp3) is 0.621. The van der Waals surface area contributed by atoms with E-state index in [0.717, 1.165) is 66.1 Å². The van der Waals surface area contributed by atoms with Gasteiger partial charge >= 0.3 is 0 Å². The zero-order valence-corrected chi connectivity index (χ0v) is 46.3. The smallest absolute Gasteiger partial charge is 0.261 e. The molecule has 7 rings (SSSR count). The van der Waals surface area contributed by atoms with Crippen LogP contribution in [0.3, 0.4) is 0 Å². The molecule has 66 heavy (non-hydrogen) atoms. The van der Waals surface area contributed by atoms with Gasteiger partial charge in [-0.2, -0.15) is 0 Å². The molecule has 4 aromatic rings. The molecular weight excluding hydrogens is 885 g/mol. The van der Waals surface area contributed by atoms with E-state index >= 15 is 9.59 Å². The van der Waals surface area contributed by atoms with E-state index in [0.29, 0.717) is 42.0 Å². The Hall–Kier alpha value is -2.78. The van der Waals surface area contributed by atoms with Gasteiger partial charge in [-0.3, -0.25) is 9.59 Å². The molecule has 3 aliphatic rings. The lowest BCUT2D eigenvalue weighted by molar-refractivity contribution is -0.124. The van der Waals surface area contributed by atoms with Crippen molar-refractivity contribution in [2.24, 2.45) is 17.8 Å². The highest BCUT2D eigenvalue weighted by Crippen LogP contribution is 2.62.